The summed E-state index contributed by atoms with van der Waals surface area (Å²) in [5.41, 5.74) is 3.06. The van der Waals surface area contributed by atoms with Crippen LogP contribution in [0.4, 0.5) is 5.69 Å². The Hall–Kier alpha value is -2.92. The van der Waals surface area contributed by atoms with E-state index in [0.29, 0.717) is 27.7 Å². The number of amides is 2. The molecule has 4 rings (SSSR count). The first kappa shape index (κ1) is 28.1. The Morgan fingerprint density at radius 1 is 1.08 bits per heavy atom. The summed E-state index contributed by atoms with van der Waals surface area (Å²) >= 11 is 11.1. The van der Waals surface area contributed by atoms with Crippen LogP contribution in [0.25, 0.3) is 16.5 Å². The highest BCUT2D eigenvalue weighted by Gasteiger charge is 2.18. The summed E-state index contributed by atoms with van der Waals surface area (Å²) in [6.07, 6.45) is 0.927. The maximum atomic E-state index is 12.8. The molecule has 1 aromatic heterocycles. The van der Waals surface area contributed by atoms with Gasteiger partial charge in [0, 0.05) is 24.0 Å². The quantitative estimate of drug-likeness (QED) is 0.232. The van der Waals surface area contributed by atoms with E-state index in [2.05, 4.69) is 68.0 Å². The number of aromatic nitrogens is 3. The van der Waals surface area contributed by atoms with E-state index >= 15 is 0 Å². The van der Waals surface area contributed by atoms with Crippen LogP contribution in [-0.2, 0) is 11.2 Å². The molecule has 0 spiro atoms. The lowest BCUT2D eigenvalue weighted by Crippen LogP contribution is -2.31. The first-order chi connectivity index (χ1) is 18.3. The lowest BCUT2D eigenvalue weighted by Gasteiger charge is -2.13. The van der Waals surface area contributed by atoms with Gasteiger partial charge in [-0.1, -0.05) is 60.6 Å². The highest BCUT2D eigenvalue weighted by molar-refractivity contribution is 9.10. The molecule has 1 heterocycles. The number of anilines is 1. The minimum Gasteiger partial charge on any atom is -0.351 e. The largest absolute Gasteiger partial charge is 0.351 e. The molecule has 0 unspecified atom stereocenters. The molecular formula is C27H28BrClN6O2S. The van der Waals surface area contributed by atoms with E-state index in [4.69, 9.17) is 11.6 Å². The van der Waals surface area contributed by atoms with E-state index in [9.17, 15) is 9.59 Å². The first-order valence-corrected chi connectivity index (χ1v) is 14.2. The predicted molar refractivity (Wildman–Crippen MR) is 158 cm³/mol. The molecular weight excluding hydrogens is 588 g/mol. The number of benzene rings is 3. The topological polar surface area (TPSA) is 92.1 Å². The molecule has 0 atom stereocenters. The third-order valence-corrected chi connectivity index (χ3v) is 7.64. The summed E-state index contributed by atoms with van der Waals surface area (Å²) in [6.45, 7) is 3.39. The van der Waals surface area contributed by atoms with Crippen LogP contribution in [0.15, 0.2) is 64.5 Å². The van der Waals surface area contributed by atoms with Crippen molar-refractivity contribution in [1.82, 2.24) is 25.0 Å². The maximum Gasteiger partial charge on any atom is 0.251 e. The Morgan fingerprint density at radius 3 is 2.55 bits per heavy atom. The van der Waals surface area contributed by atoms with Gasteiger partial charge in [0.05, 0.1) is 22.2 Å². The second-order valence-corrected chi connectivity index (χ2v) is 10.9. The molecule has 198 valence electrons. The number of fused-ring (bicyclic) bond motifs is 1. The Balaban J connectivity index is 1.45. The summed E-state index contributed by atoms with van der Waals surface area (Å²) in [4.78, 5) is 27.1. The SMILES string of the molecule is CCc1ccc(-n2c(Br)nnc2SCC(=O)Nc2ccc(C(=O)NCCN(C)C)cc2Cl)c2ccccc12. The van der Waals surface area contributed by atoms with Gasteiger partial charge < -0.3 is 15.5 Å². The molecule has 0 saturated heterocycles. The van der Waals surface area contributed by atoms with Crippen LogP contribution in [0.5, 0.6) is 0 Å². The van der Waals surface area contributed by atoms with Crippen LogP contribution in [0.1, 0.15) is 22.8 Å². The van der Waals surface area contributed by atoms with Crippen molar-refractivity contribution < 1.29 is 9.59 Å². The molecule has 0 fully saturated rings. The first-order valence-electron chi connectivity index (χ1n) is 12.1. The monoisotopic (exact) mass is 614 g/mol. The van der Waals surface area contributed by atoms with Crippen LogP contribution in [-0.4, -0.2) is 64.4 Å². The second kappa shape index (κ2) is 12.8. The Labute approximate surface area is 239 Å². The maximum absolute atomic E-state index is 12.8. The van der Waals surface area contributed by atoms with Gasteiger partial charge in [-0.2, -0.15) is 0 Å². The number of nitrogens with one attached hydrogen (secondary N) is 2. The number of hydrogen-bond donors (Lipinski definition) is 2. The van der Waals surface area contributed by atoms with Crippen molar-refractivity contribution in [3.8, 4) is 5.69 Å². The predicted octanol–water partition coefficient (Wildman–Crippen LogP) is 5.42. The highest BCUT2D eigenvalue weighted by Crippen LogP contribution is 2.32. The second-order valence-electron chi connectivity index (χ2n) is 8.82. The van der Waals surface area contributed by atoms with Gasteiger partial charge in [0.1, 0.15) is 0 Å². The van der Waals surface area contributed by atoms with E-state index in [1.165, 1.54) is 22.7 Å². The third-order valence-electron chi connectivity index (χ3n) is 5.89. The van der Waals surface area contributed by atoms with Crippen molar-refractivity contribution >= 4 is 67.6 Å². The summed E-state index contributed by atoms with van der Waals surface area (Å²) in [5, 5.41) is 17.3. The number of carbonyl (C=O) groups is 2. The van der Waals surface area contributed by atoms with Crippen molar-refractivity contribution in [2.24, 2.45) is 0 Å². The zero-order valence-corrected chi connectivity index (χ0v) is 24.5. The molecule has 0 aliphatic carbocycles. The molecule has 0 aliphatic heterocycles. The number of rotatable bonds is 10. The number of nitrogens with zero attached hydrogens (tertiary/aromatic N) is 4. The number of hydrogen-bond acceptors (Lipinski definition) is 6. The zero-order valence-electron chi connectivity index (χ0n) is 21.3. The van der Waals surface area contributed by atoms with Gasteiger partial charge in [0.25, 0.3) is 5.91 Å². The average molecular weight is 616 g/mol. The average Bonchev–Trinajstić information content (AvgIpc) is 3.27. The summed E-state index contributed by atoms with van der Waals surface area (Å²) in [5.74, 6) is -0.373. The van der Waals surface area contributed by atoms with E-state index in [0.717, 1.165) is 24.0 Å². The molecule has 0 aliphatic rings. The van der Waals surface area contributed by atoms with Gasteiger partial charge in [-0.3, -0.25) is 14.2 Å². The van der Waals surface area contributed by atoms with E-state index in [1.54, 1.807) is 18.2 Å². The lowest BCUT2D eigenvalue weighted by atomic mass is 10.0. The molecule has 0 radical (unpaired) electrons. The van der Waals surface area contributed by atoms with Crippen molar-refractivity contribution in [2.75, 3.05) is 38.3 Å². The fourth-order valence-corrected chi connectivity index (χ4v) is 5.49. The summed E-state index contributed by atoms with van der Waals surface area (Å²) in [7, 11) is 3.88. The van der Waals surface area contributed by atoms with Gasteiger partial charge >= 0.3 is 0 Å². The zero-order chi connectivity index (χ0) is 27.2. The Bertz CT molecular complexity index is 1480. The molecule has 2 N–H and O–H groups in total. The number of likely N-dealkylation sites (N-methyl/N-ethyl adjacent to an activating group) is 1. The third kappa shape index (κ3) is 6.55. The normalized spacial score (nSPS) is 11.2. The lowest BCUT2D eigenvalue weighted by molar-refractivity contribution is -0.113. The smallest absolute Gasteiger partial charge is 0.251 e. The fourth-order valence-electron chi connectivity index (χ4n) is 3.97. The number of aryl methyl sites for hydroxylation is 1. The minimum atomic E-state index is -0.253. The van der Waals surface area contributed by atoms with Crippen molar-refractivity contribution in [3.63, 3.8) is 0 Å². The highest BCUT2D eigenvalue weighted by atomic mass is 79.9. The van der Waals surface area contributed by atoms with Crippen LogP contribution < -0.4 is 10.6 Å². The van der Waals surface area contributed by atoms with Crippen molar-refractivity contribution in [1.29, 1.82) is 0 Å². The Kier molecular flexibility index (Phi) is 9.43. The molecule has 4 aromatic rings. The molecule has 8 nitrogen and oxygen atoms in total. The minimum absolute atomic E-state index is 0.0964. The van der Waals surface area contributed by atoms with Crippen LogP contribution in [0.3, 0.4) is 0 Å². The van der Waals surface area contributed by atoms with Gasteiger partial charge in [-0.05, 0) is 71.7 Å². The molecule has 11 heteroatoms. The van der Waals surface area contributed by atoms with E-state index in [-0.39, 0.29) is 22.6 Å². The molecule has 3 aromatic carbocycles. The van der Waals surface area contributed by atoms with Crippen LogP contribution in [0.2, 0.25) is 5.02 Å². The number of halogens is 2. The number of carbonyl (C=O) groups excluding carboxylic acids is 2. The van der Waals surface area contributed by atoms with Gasteiger partial charge in [0.15, 0.2) is 5.16 Å². The van der Waals surface area contributed by atoms with Crippen LogP contribution in [0, 0.1) is 0 Å². The molecule has 0 saturated carbocycles. The molecule has 38 heavy (non-hydrogen) atoms. The summed E-state index contributed by atoms with van der Waals surface area (Å²) < 4.78 is 2.45. The van der Waals surface area contributed by atoms with E-state index in [1.807, 2.05) is 35.7 Å². The van der Waals surface area contributed by atoms with E-state index < -0.39 is 0 Å². The molecule has 2 amide bonds. The van der Waals surface area contributed by atoms with Gasteiger partial charge in [-0.15, -0.1) is 10.2 Å². The van der Waals surface area contributed by atoms with Crippen molar-refractivity contribution in [3.05, 3.63) is 75.5 Å². The number of thioether (sulfide) groups is 1. The Morgan fingerprint density at radius 2 is 1.84 bits per heavy atom. The van der Waals surface area contributed by atoms with Gasteiger partial charge in [0.2, 0.25) is 10.6 Å². The standard InChI is InChI=1S/C27H28BrClN6O2S/c1-4-17-10-12-23(20-8-6-5-7-19(17)20)35-26(28)32-33-27(35)38-16-24(36)31-22-11-9-18(15-21(22)29)25(37)30-13-14-34(2)3/h5-12,15H,4,13-14,16H2,1-3H3,(H,30,37)(H,31,36). The van der Waals surface area contributed by atoms with Gasteiger partial charge in [-0.25, -0.2) is 0 Å². The van der Waals surface area contributed by atoms with Crippen LogP contribution >= 0.6 is 39.3 Å². The fraction of sp³-hybridized carbons (Fsp3) is 0.259. The van der Waals surface area contributed by atoms with Crippen molar-refractivity contribution in [2.45, 2.75) is 18.5 Å². The molecule has 0 bridgehead atoms. The summed E-state index contributed by atoms with van der Waals surface area (Å²) in [6, 6.07) is 17.2.